The Hall–Kier alpha value is -2.60. The number of amides is 1. The van der Waals surface area contributed by atoms with Crippen molar-refractivity contribution in [2.75, 3.05) is 33.5 Å². The van der Waals surface area contributed by atoms with E-state index in [-0.39, 0.29) is 24.6 Å². The van der Waals surface area contributed by atoms with Gasteiger partial charge in [0.15, 0.2) is 11.5 Å². The number of benzene rings is 2. The summed E-state index contributed by atoms with van der Waals surface area (Å²) >= 11 is 0. The van der Waals surface area contributed by atoms with E-state index in [2.05, 4.69) is 4.90 Å². The highest BCUT2D eigenvalue weighted by Crippen LogP contribution is 2.33. The summed E-state index contributed by atoms with van der Waals surface area (Å²) in [5.74, 6) is 1.41. The average Bonchev–Trinajstić information content (AvgIpc) is 3.15. The normalized spacial score (nSPS) is 19.3. The van der Waals surface area contributed by atoms with Crippen molar-refractivity contribution in [3.8, 4) is 11.5 Å². The van der Waals surface area contributed by atoms with Gasteiger partial charge in [-0.25, -0.2) is 4.39 Å². The number of hydrogen-bond acceptors (Lipinski definition) is 4. The standard InChI is InChI=1S/C21H23FN2O3/c1-23-10-11-24(13-18(23)16-4-6-17(22)7-5-16)21(25)9-3-15-2-8-19-20(12-15)27-14-26-19/h2,4-8,12,18H,3,9-11,13-14H2,1H3. The number of nitrogens with zero attached hydrogens (tertiary/aromatic N) is 2. The van der Waals surface area contributed by atoms with Gasteiger partial charge in [0, 0.05) is 26.1 Å². The average molecular weight is 370 g/mol. The van der Waals surface area contributed by atoms with Crippen LogP contribution in [0.2, 0.25) is 0 Å². The largest absolute Gasteiger partial charge is 0.454 e. The topological polar surface area (TPSA) is 42.0 Å². The molecule has 1 saturated heterocycles. The van der Waals surface area contributed by atoms with Gasteiger partial charge in [0.25, 0.3) is 0 Å². The summed E-state index contributed by atoms with van der Waals surface area (Å²) in [7, 11) is 2.04. The molecular formula is C21H23FN2O3. The van der Waals surface area contributed by atoms with Gasteiger partial charge in [0.2, 0.25) is 12.7 Å². The molecule has 0 spiro atoms. The quantitative estimate of drug-likeness (QED) is 0.830. The lowest BCUT2D eigenvalue weighted by Gasteiger charge is -2.39. The minimum atomic E-state index is -0.242. The second kappa shape index (κ2) is 7.56. The van der Waals surface area contributed by atoms with Crippen molar-refractivity contribution in [2.45, 2.75) is 18.9 Å². The Kier molecular flexibility index (Phi) is 4.99. The van der Waals surface area contributed by atoms with Gasteiger partial charge < -0.3 is 14.4 Å². The van der Waals surface area contributed by atoms with E-state index in [9.17, 15) is 9.18 Å². The van der Waals surface area contributed by atoms with Crippen molar-refractivity contribution in [1.29, 1.82) is 0 Å². The molecule has 0 aliphatic carbocycles. The number of carbonyl (C=O) groups excluding carboxylic acids is 1. The summed E-state index contributed by atoms with van der Waals surface area (Å²) in [6.07, 6.45) is 1.13. The Bertz CT molecular complexity index is 825. The highest BCUT2D eigenvalue weighted by molar-refractivity contribution is 5.76. The molecule has 142 valence electrons. The van der Waals surface area contributed by atoms with Gasteiger partial charge in [0.1, 0.15) is 5.82 Å². The maximum Gasteiger partial charge on any atom is 0.231 e. The van der Waals surface area contributed by atoms with Crippen molar-refractivity contribution in [2.24, 2.45) is 0 Å². The zero-order valence-corrected chi connectivity index (χ0v) is 15.4. The Labute approximate surface area is 158 Å². The first-order valence-corrected chi connectivity index (χ1v) is 9.22. The maximum atomic E-state index is 13.2. The highest BCUT2D eigenvalue weighted by Gasteiger charge is 2.28. The lowest BCUT2D eigenvalue weighted by molar-refractivity contribution is -0.134. The van der Waals surface area contributed by atoms with Gasteiger partial charge in [-0.2, -0.15) is 0 Å². The first-order valence-electron chi connectivity index (χ1n) is 9.22. The molecule has 27 heavy (non-hydrogen) atoms. The zero-order valence-electron chi connectivity index (χ0n) is 15.4. The summed E-state index contributed by atoms with van der Waals surface area (Å²) in [6, 6.07) is 12.5. The van der Waals surface area contributed by atoms with Crippen molar-refractivity contribution in [3.05, 3.63) is 59.4 Å². The van der Waals surface area contributed by atoms with Gasteiger partial charge in [-0.3, -0.25) is 9.69 Å². The molecule has 0 saturated carbocycles. The lowest BCUT2D eigenvalue weighted by atomic mass is 10.0. The number of hydrogen-bond donors (Lipinski definition) is 0. The third-order valence-corrected chi connectivity index (χ3v) is 5.32. The fraction of sp³-hybridized carbons (Fsp3) is 0.381. The van der Waals surface area contributed by atoms with Crippen LogP contribution in [0.25, 0.3) is 0 Å². The molecular weight excluding hydrogens is 347 g/mol. The van der Waals surface area contributed by atoms with Crippen LogP contribution in [-0.4, -0.2) is 49.2 Å². The Balaban J connectivity index is 1.37. The van der Waals surface area contributed by atoms with Gasteiger partial charge in [-0.15, -0.1) is 0 Å². The Morgan fingerprint density at radius 2 is 1.89 bits per heavy atom. The van der Waals surface area contributed by atoms with E-state index in [1.165, 1.54) is 12.1 Å². The van der Waals surface area contributed by atoms with Crippen molar-refractivity contribution >= 4 is 5.91 Å². The van der Waals surface area contributed by atoms with Crippen molar-refractivity contribution < 1.29 is 18.7 Å². The molecule has 2 aliphatic rings. The molecule has 0 aromatic heterocycles. The van der Waals surface area contributed by atoms with Crippen LogP contribution in [0.4, 0.5) is 4.39 Å². The third kappa shape index (κ3) is 3.90. The predicted molar refractivity (Wildman–Crippen MR) is 99.2 cm³/mol. The van der Waals surface area contributed by atoms with E-state index in [0.717, 1.165) is 29.2 Å². The maximum absolute atomic E-state index is 13.2. The number of likely N-dealkylation sites (N-methyl/N-ethyl adjacent to an activating group) is 1. The molecule has 0 radical (unpaired) electrons. The smallest absolute Gasteiger partial charge is 0.231 e. The number of rotatable bonds is 4. The number of fused-ring (bicyclic) bond motifs is 1. The molecule has 1 unspecified atom stereocenters. The SMILES string of the molecule is CN1CCN(C(=O)CCc2ccc3c(c2)OCO3)CC1c1ccc(F)cc1. The highest BCUT2D eigenvalue weighted by atomic mass is 19.1. The Morgan fingerprint density at radius 1 is 1.11 bits per heavy atom. The fourth-order valence-electron chi connectivity index (χ4n) is 3.65. The van der Waals surface area contributed by atoms with E-state index in [1.54, 1.807) is 12.1 Å². The van der Waals surface area contributed by atoms with Gasteiger partial charge >= 0.3 is 0 Å². The van der Waals surface area contributed by atoms with E-state index in [1.807, 2.05) is 30.1 Å². The molecule has 0 bridgehead atoms. The molecule has 2 heterocycles. The van der Waals surface area contributed by atoms with Crippen LogP contribution < -0.4 is 9.47 Å². The number of ether oxygens (including phenoxy) is 2. The van der Waals surface area contributed by atoms with Crippen molar-refractivity contribution in [3.63, 3.8) is 0 Å². The number of piperazine rings is 1. The van der Waals surface area contributed by atoms with E-state index < -0.39 is 0 Å². The fourth-order valence-corrected chi connectivity index (χ4v) is 3.65. The molecule has 2 aromatic rings. The van der Waals surface area contributed by atoms with Crippen LogP contribution in [-0.2, 0) is 11.2 Å². The summed E-state index contributed by atoms with van der Waals surface area (Å²) < 4.78 is 23.9. The minimum Gasteiger partial charge on any atom is -0.454 e. The van der Waals surface area contributed by atoms with E-state index >= 15 is 0 Å². The third-order valence-electron chi connectivity index (χ3n) is 5.32. The lowest BCUT2D eigenvalue weighted by Crippen LogP contribution is -2.49. The Morgan fingerprint density at radius 3 is 2.70 bits per heavy atom. The van der Waals surface area contributed by atoms with Crippen LogP contribution in [0.1, 0.15) is 23.6 Å². The second-order valence-electron chi connectivity index (χ2n) is 7.08. The molecule has 2 aliphatic heterocycles. The van der Waals surface area contributed by atoms with E-state index in [0.29, 0.717) is 25.9 Å². The van der Waals surface area contributed by atoms with E-state index in [4.69, 9.17) is 9.47 Å². The molecule has 1 fully saturated rings. The first kappa shape index (κ1) is 17.8. The van der Waals surface area contributed by atoms with Gasteiger partial charge in [-0.1, -0.05) is 18.2 Å². The molecule has 2 aromatic carbocycles. The van der Waals surface area contributed by atoms with Crippen LogP contribution >= 0.6 is 0 Å². The molecule has 6 heteroatoms. The summed E-state index contributed by atoms with van der Waals surface area (Å²) in [5.41, 5.74) is 2.10. The summed E-state index contributed by atoms with van der Waals surface area (Å²) in [5, 5.41) is 0. The van der Waals surface area contributed by atoms with Crippen LogP contribution in [0, 0.1) is 5.82 Å². The number of aryl methyl sites for hydroxylation is 1. The van der Waals surface area contributed by atoms with Crippen molar-refractivity contribution in [1.82, 2.24) is 9.80 Å². The predicted octanol–water partition coefficient (Wildman–Crippen LogP) is 3.00. The van der Waals surface area contributed by atoms with Gasteiger partial charge in [-0.05, 0) is 48.9 Å². The number of halogens is 1. The number of carbonyl (C=O) groups is 1. The zero-order chi connectivity index (χ0) is 18.8. The minimum absolute atomic E-state index is 0.0915. The van der Waals surface area contributed by atoms with Gasteiger partial charge in [0.05, 0.1) is 6.04 Å². The van der Waals surface area contributed by atoms with Crippen LogP contribution in [0.5, 0.6) is 11.5 Å². The molecule has 1 atom stereocenters. The van der Waals surface area contributed by atoms with Crippen LogP contribution in [0.3, 0.4) is 0 Å². The summed E-state index contributed by atoms with van der Waals surface area (Å²) in [6.45, 7) is 2.40. The molecule has 4 rings (SSSR count). The monoisotopic (exact) mass is 370 g/mol. The molecule has 1 amide bonds. The summed E-state index contributed by atoms with van der Waals surface area (Å²) in [4.78, 5) is 16.9. The molecule has 5 nitrogen and oxygen atoms in total. The molecule has 0 N–H and O–H groups in total. The first-order chi connectivity index (χ1) is 13.1. The second-order valence-corrected chi connectivity index (χ2v) is 7.08. The van der Waals surface area contributed by atoms with Crippen LogP contribution in [0.15, 0.2) is 42.5 Å².